The normalized spacial score (nSPS) is 12.2. The number of halogens is 1. The van der Waals surface area contributed by atoms with Gasteiger partial charge >= 0.3 is 0 Å². The highest BCUT2D eigenvalue weighted by Gasteiger charge is 2.34. The van der Waals surface area contributed by atoms with Crippen LogP contribution in [0, 0.1) is 20.8 Å². The third-order valence-corrected chi connectivity index (χ3v) is 8.59. The molecule has 0 heterocycles. The van der Waals surface area contributed by atoms with Crippen molar-refractivity contribution in [3.8, 4) is 0 Å². The average molecular weight is 584 g/mol. The zero-order valence-corrected chi connectivity index (χ0v) is 25.5. The van der Waals surface area contributed by atoms with Crippen LogP contribution in [0.4, 0.5) is 5.69 Å². The molecule has 0 bridgehead atoms. The van der Waals surface area contributed by atoms with Crippen LogP contribution in [0.5, 0.6) is 0 Å². The molecule has 0 aromatic heterocycles. The van der Waals surface area contributed by atoms with Crippen molar-refractivity contribution in [3.63, 3.8) is 0 Å². The lowest BCUT2D eigenvalue weighted by Crippen LogP contribution is -2.53. The molecule has 214 valence electrons. The van der Waals surface area contributed by atoms with Crippen molar-refractivity contribution >= 4 is 39.1 Å². The highest BCUT2D eigenvalue weighted by atomic mass is 35.5. The Balaban J connectivity index is 2.11. The van der Waals surface area contributed by atoms with Gasteiger partial charge in [0.1, 0.15) is 12.6 Å². The van der Waals surface area contributed by atoms with E-state index < -0.39 is 28.5 Å². The molecule has 9 heteroatoms. The molecule has 0 aliphatic heterocycles. The zero-order valence-electron chi connectivity index (χ0n) is 23.9. The number of anilines is 1. The maximum absolute atomic E-state index is 14.1. The molecule has 0 radical (unpaired) electrons. The van der Waals surface area contributed by atoms with E-state index in [0.717, 1.165) is 21.0 Å². The number of benzene rings is 3. The SMILES string of the molecule is CCC(C(=O)NC(C)C)N(Cc1cccc(C)c1)C(=O)CN(c1cc(Cl)ccc1C)S(=O)(=O)c1ccc(C)cc1. The van der Waals surface area contributed by atoms with E-state index in [-0.39, 0.29) is 23.4 Å². The summed E-state index contributed by atoms with van der Waals surface area (Å²) in [4.78, 5) is 28.9. The van der Waals surface area contributed by atoms with Crippen LogP contribution in [-0.2, 0) is 26.2 Å². The highest BCUT2D eigenvalue weighted by Crippen LogP contribution is 2.30. The third-order valence-electron chi connectivity index (χ3n) is 6.58. The summed E-state index contributed by atoms with van der Waals surface area (Å²) in [6.07, 6.45) is 0.358. The van der Waals surface area contributed by atoms with Gasteiger partial charge in [-0.25, -0.2) is 8.42 Å². The largest absolute Gasteiger partial charge is 0.352 e. The smallest absolute Gasteiger partial charge is 0.264 e. The van der Waals surface area contributed by atoms with Crippen molar-refractivity contribution in [1.29, 1.82) is 0 Å². The van der Waals surface area contributed by atoms with E-state index in [9.17, 15) is 18.0 Å². The van der Waals surface area contributed by atoms with Gasteiger partial charge in [0.2, 0.25) is 11.8 Å². The van der Waals surface area contributed by atoms with E-state index in [1.807, 2.05) is 58.9 Å². The Morgan fingerprint density at radius 3 is 2.20 bits per heavy atom. The number of amides is 2. The molecule has 3 aromatic carbocycles. The molecule has 3 aromatic rings. The summed E-state index contributed by atoms with van der Waals surface area (Å²) in [5.74, 6) is -0.785. The molecule has 7 nitrogen and oxygen atoms in total. The Bertz CT molecular complexity index is 1460. The number of hydrogen-bond acceptors (Lipinski definition) is 4. The van der Waals surface area contributed by atoms with Crippen LogP contribution in [0.3, 0.4) is 0 Å². The van der Waals surface area contributed by atoms with Crippen molar-refractivity contribution in [3.05, 3.63) is 94.0 Å². The minimum Gasteiger partial charge on any atom is -0.352 e. The number of nitrogens with one attached hydrogen (secondary N) is 1. The number of nitrogens with zero attached hydrogens (tertiary/aromatic N) is 2. The summed E-state index contributed by atoms with van der Waals surface area (Å²) in [6.45, 7) is 10.8. The summed E-state index contributed by atoms with van der Waals surface area (Å²) < 4.78 is 29.1. The summed E-state index contributed by atoms with van der Waals surface area (Å²) in [5, 5.41) is 3.25. The number of carbonyl (C=O) groups excluding carboxylic acids is 2. The van der Waals surface area contributed by atoms with Crippen LogP contribution in [0.15, 0.2) is 71.6 Å². The average Bonchev–Trinajstić information content (AvgIpc) is 2.88. The first kappa shape index (κ1) is 31.2. The molecule has 1 unspecified atom stereocenters. The lowest BCUT2D eigenvalue weighted by molar-refractivity contribution is -0.140. The minimum atomic E-state index is -4.16. The number of rotatable bonds is 11. The monoisotopic (exact) mass is 583 g/mol. The van der Waals surface area contributed by atoms with Crippen LogP contribution in [-0.4, -0.2) is 43.8 Å². The fourth-order valence-corrected chi connectivity index (χ4v) is 6.15. The van der Waals surface area contributed by atoms with E-state index in [1.165, 1.54) is 17.0 Å². The van der Waals surface area contributed by atoms with Gasteiger partial charge in [0.25, 0.3) is 10.0 Å². The molecule has 0 spiro atoms. The van der Waals surface area contributed by atoms with Crippen molar-refractivity contribution in [2.75, 3.05) is 10.8 Å². The third kappa shape index (κ3) is 7.64. The molecular weight excluding hydrogens is 546 g/mol. The molecule has 2 amide bonds. The quantitative estimate of drug-likeness (QED) is 0.309. The van der Waals surface area contributed by atoms with E-state index in [1.54, 1.807) is 37.3 Å². The Morgan fingerprint density at radius 2 is 1.60 bits per heavy atom. The van der Waals surface area contributed by atoms with Gasteiger partial charge in [0, 0.05) is 17.6 Å². The van der Waals surface area contributed by atoms with E-state index >= 15 is 0 Å². The predicted octanol–water partition coefficient (Wildman–Crippen LogP) is 5.79. The summed E-state index contributed by atoms with van der Waals surface area (Å²) >= 11 is 6.29. The van der Waals surface area contributed by atoms with E-state index in [0.29, 0.717) is 22.7 Å². The molecule has 0 fully saturated rings. The second kappa shape index (κ2) is 13.3. The lowest BCUT2D eigenvalue weighted by atomic mass is 10.1. The Hall–Kier alpha value is -3.36. The van der Waals surface area contributed by atoms with Crippen molar-refractivity contribution in [2.24, 2.45) is 0 Å². The topological polar surface area (TPSA) is 86.8 Å². The van der Waals surface area contributed by atoms with Gasteiger partial charge in [0.15, 0.2) is 0 Å². The summed E-state index contributed by atoms with van der Waals surface area (Å²) in [6, 6.07) is 18.2. The van der Waals surface area contributed by atoms with Gasteiger partial charge in [-0.05, 0) is 76.4 Å². The Morgan fingerprint density at radius 1 is 0.925 bits per heavy atom. The fraction of sp³-hybridized carbons (Fsp3) is 0.355. The van der Waals surface area contributed by atoms with E-state index in [2.05, 4.69) is 5.32 Å². The lowest BCUT2D eigenvalue weighted by Gasteiger charge is -2.34. The first-order valence-corrected chi connectivity index (χ1v) is 15.2. The zero-order chi connectivity index (χ0) is 29.6. The second-order valence-electron chi connectivity index (χ2n) is 10.4. The number of sulfonamides is 1. The fourth-order valence-electron chi connectivity index (χ4n) is 4.51. The molecule has 1 N–H and O–H groups in total. The van der Waals surface area contributed by atoms with Crippen LogP contribution >= 0.6 is 11.6 Å². The van der Waals surface area contributed by atoms with Crippen LogP contribution in [0.2, 0.25) is 5.02 Å². The first-order valence-electron chi connectivity index (χ1n) is 13.3. The van der Waals surface area contributed by atoms with Crippen LogP contribution < -0.4 is 9.62 Å². The maximum atomic E-state index is 14.1. The van der Waals surface area contributed by atoms with Crippen molar-refractivity contribution in [1.82, 2.24) is 10.2 Å². The first-order chi connectivity index (χ1) is 18.8. The van der Waals surface area contributed by atoms with Gasteiger partial charge in [-0.1, -0.05) is 72.1 Å². The molecule has 0 saturated carbocycles. The minimum absolute atomic E-state index is 0.0557. The Kier molecular flexibility index (Phi) is 10.4. The van der Waals surface area contributed by atoms with Gasteiger partial charge in [-0.15, -0.1) is 0 Å². The second-order valence-corrected chi connectivity index (χ2v) is 12.7. The van der Waals surface area contributed by atoms with Gasteiger partial charge in [-0.3, -0.25) is 13.9 Å². The van der Waals surface area contributed by atoms with Gasteiger partial charge in [-0.2, -0.15) is 0 Å². The molecule has 3 rings (SSSR count). The maximum Gasteiger partial charge on any atom is 0.264 e. The van der Waals surface area contributed by atoms with E-state index in [4.69, 9.17) is 11.6 Å². The molecule has 0 aliphatic rings. The van der Waals surface area contributed by atoms with Crippen LogP contribution in [0.1, 0.15) is 49.4 Å². The summed E-state index contributed by atoms with van der Waals surface area (Å²) in [5.41, 5.74) is 3.71. The molecular formula is C31H38ClN3O4S. The highest BCUT2D eigenvalue weighted by molar-refractivity contribution is 7.92. The predicted molar refractivity (Wildman–Crippen MR) is 161 cm³/mol. The molecule has 0 saturated heterocycles. The van der Waals surface area contributed by atoms with Gasteiger partial charge in [0.05, 0.1) is 10.6 Å². The standard InChI is InChI=1S/C31H38ClN3O4S/c1-7-28(31(37)33-21(2)3)34(19-25-10-8-9-23(5)17-25)30(36)20-35(29-18-26(32)14-13-24(29)6)40(38,39)27-15-11-22(4)12-16-27/h8-18,21,28H,7,19-20H2,1-6H3,(H,33,37). The number of aryl methyl sites for hydroxylation is 3. The van der Waals surface area contributed by atoms with Gasteiger partial charge < -0.3 is 10.2 Å². The van der Waals surface area contributed by atoms with Crippen LogP contribution in [0.25, 0.3) is 0 Å². The molecule has 0 aliphatic carbocycles. The number of carbonyl (C=O) groups is 2. The summed E-state index contributed by atoms with van der Waals surface area (Å²) in [7, 11) is -4.16. The Labute approximate surface area is 243 Å². The number of hydrogen-bond donors (Lipinski definition) is 1. The molecule has 40 heavy (non-hydrogen) atoms. The van der Waals surface area contributed by atoms with Crippen molar-refractivity contribution in [2.45, 2.75) is 71.5 Å². The van der Waals surface area contributed by atoms with Crippen molar-refractivity contribution < 1.29 is 18.0 Å². The molecule has 1 atom stereocenters.